The molecule has 2 aromatic carbocycles. The maximum Gasteiger partial charge on any atom is 0.232 e. The Morgan fingerprint density at radius 1 is 0.867 bits per heavy atom. The number of anilines is 1. The van der Waals surface area contributed by atoms with E-state index in [1.807, 2.05) is 36.4 Å². The van der Waals surface area contributed by atoms with Crippen molar-refractivity contribution in [2.75, 3.05) is 44.7 Å². The molecule has 3 heterocycles. The van der Waals surface area contributed by atoms with E-state index in [0.29, 0.717) is 5.71 Å². The number of nitrogens with one attached hydrogen (secondary N) is 1. The molecule has 2 aromatic heterocycles. The molecule has 0 atom stereocenters. The molecule has 5 rings (SSSR count). The third-order valence-electron chi connectivity index (χ3n) is 5.41. The summed E-state index contributed by atoms with van der Waals surface area (Å²) in [4.78, 5) is 11.4. The van der Waals surface area contributed by atoms with E-state index in [4.69, 9.17) is 9.15 Å². The lowest BCUT2D eigenvalue weighted by Crippen LogP contribution is -2.39. The van der Waals surface area contributed by atoms with E-state index in [0.717, 1.165) is 73.0 Å². The van der Waals surface area contributed by atoms with Crippen LogP contribution in [-0.2, 0) is 4.74 Å². The molecule has 6 heteroatoms. The Balaban J connectivity index is 1.54. The minimum absolute atomic E-state index is 0.594. The number of ether oxygens (including phenoxy) is 1. The zero-order chi connectivity index (χ0) is 20.2. The molecule has 0 amide bonds. The molecule has 0 radical (unpaired) electrons. The van der Waals surface area contributed by atoms with Crippen molar-refractivity contribution < 1.29 is 9.15 Å². The topological polar surface area (TPSA) is 63.4 Å². The van der Waals surface area contributed by atoms with Crippen LogP contribution in [0.5, 0.6) is 0 Å². The number of hydrogen-bond donors (Lipinski definition) is 1. The summed E-state index contributed by atoms with van der Waals surface area (Å²) in [5.41, 5.74) is 3.72. The molecule has 0 unspecified atom stereocenters. The first-order chi connectivity index (χ1) is 14.9. The largest absolute Gasteiger partial charge is 0.437 e. The average molecular weight is 400 g/mol. The van der Waals surface area contributed by atoms with Gasteiger partial charge in [0.25, 0.3) is 0 Å². The fourth-order valence-electron chi connectivity index (χ4n) is 3.90. The Labute approximate surface area is 175 Å². The molecular weight excluding hydrogens is 376 g/mol. The van der Waals surface area contributed by atoms with Gasteiger partial charge in [-0.3, -0.25) is 4.90 Å². The van der Waals surface area contributed by atoms with E-state index in [-0.39, 0.29) is 0 Å². The standard InChI is InChI=1S/C24H24N4O2/c1-3-7-18(8-4-1)20-21-23(25-11-12-28-13-15-29-16-14-28)26-17-27-24(21)30-22(20)19-9-5-2-6-10-19/h1-10,17H,11-16H2,(H,25,26,27). The molecule has 1 fully saturated rings. The average Bonchev–Trinajstić information content (AvgIpc) is 3.21. The van der Waals surface area contributed by atoms with Gasteiger partial charge < -0.3 is 14.5 Å². The van der Waals surface area contributed by atoms with Crippen molar-refractivity contribution in [3.8, 4) is 22.5 Å². The van der Waals surface area contributed by atoms with Gasteiger partial charge in [0.2, 0.25) is 5.71 Å². The van der Waals surface area contributed by atoms with Crippen LogP contribution in [0.25, 0.3) is 33.6 Å². The van der Waals surface area contributed by atoms with Crippen LogP contribution in [0.3, 0.4) is 0 Å². The minimum Gasteiger partial charge on any atom is -0.437 e. The molecule has 6 nitrogen and oxygen atoms in total. The smallest absolute Gasteiger partial charge is 0.232 e. The van der Waals surface area contributed by atoms with E-state index in [1.165, 1.54) is 0 Å². The van der Waals surface area contributed by atoms with Gasteiger partial charge in [-0.1, -0.05) is 60.7 Å². The molecule has 152 valence electrons. The van der Waals surface area contributed by atoms with Crippen LogP contribution < -0.4 is 5.32 Å². The molecule has 1 aliphatic heterocycles. The molecule has 30 heavy (non-hydrogen) atoms. The quantitative estimate of drug-likeness (QED) is 0.521. The molecule has 4 aromatic rings. The molecule has 1 saturated heterocycles. The molecular formula is C24H24N4O2. The van der Waals surface area contributed by atoms with Gasteiger partial charge in [0.15, 0.2) is 0 Å². The predicted molar refractivity (Wildman–Crippen MR) is 118 cm³/mol. The van der Waals surface area contributed by atoms with Crippen molar-refractivity contribution in [1.29, 1.82) is 0 Å². The number of benzene rings is 2. The summed E-state index contributed by atoms with van der Waals surface area (Å²) in [7, 11) is 0. The van der Waals surface area contributed by atoms with Gasteiger partial charge in [0.1, 0.15) is 17.9 Å². The first kappa shape index (κ1) is 18.8. The third kappa shape index (κ3) is 3.79. The maximum absolute atomic E-state index is 6.26. The zero-order valence-electron chi connectivity index (χ0n) is 16.8. The summed E-state index contributed by atoms with van der Waals surface area (Å²) in [6, 6.07) is 20.5. The van der Waals surface area contributed by atoms with Crippen LogP contribution in [0, 0.1) is 0 Å². The number of aromatic nitrogens is 2. The zero-order valence-corrected chi connectivity index (χ0v) is 16.8. The lowest BCUT2D eigenvalue weighted by Gasteiger charge is -2.26. The summed E-state index contributed by atoms with van der Waals surface area (Å²) < 4.78 is 11.7. The maximum atomic E-state index is 6.26. The molecule has 0 saturated carbocycles. The van der Waals surface area contributed by atoms with E-state index in [9.17, 15) is 0 Å². The first-order valence-corrected chi connectivity index (χ1v) is 10.3. The molecule has 0 bridgehead atoms. The normalized spacial score (nSPS) is 14.8. The Hall–Kier alpha value is -3.22. The summed E-state index contributed by atoms with van der Waals surface area (Å²) in [6.07, 6.45) is 1.56. The Morgan fingerprint density at radius 2 is 1.57 bits per heavy atom. The van der Waals surface area contributed by atoms with Crippen molar-refractivity contribution in [2.24, 2.45) is 0 Å². The van der Waals surface area contributed by atoms with Crippen LogP contribution >= 0.6 is 0 Å². The van der Waals surface area contributed by atoms with Gasteiger partial charge in [0.05, 0.1) is 18.6 Å². The molecule has 1 aliphatic rings. The lowest BCUT2D eigenvalue weighted by atomic mass is 9.99. The van der Waals surface area contributed by atoms with Gasteiger partial charge in [-0.2, -0.15) is 0 Å². The Bertz CT molecular complexity index is 1110. The molecule has 0 spiro atoms. The first-order valence-electron chi connectivity index (χ1n) is 10.3. The number of hydrogen-bond acceptors (Lipinski definition) is 6. The molecule has 0 aliphatic carbocycles. The highest BCUT2D eigenvalue weighted by Crippen LogP contribution is 2.42. The highest BCUT2D eigenvalue weighted by molar-refractivity contribution is 6.05. The van der Waals surface area contributed by atoms with Gasteiger partial charge in [-0.05, 0) is 5.56 Å². The predicted octanol–water partition coefficient (Wildman–Crippen LogP) is 4.30. The van der Waals surface area contributed by atoms with E-state index >= 15 is 0 Å². The van der Waals surface area contributed by atoms with E-state index in [2.05, 4.69) is 44.5 Å². The second-order valence-corrected chi connectivity index (χ2v) is 7.32. The highest BCUT2D eigenvalue weighted by Gasteiger charge is 2.22. The summed E-state index contributed by atoms with van der Waals surface area (Å²) in [5, 5.41) is 4.44. The van der Waals surface area contributed by atoms with Gasteiger partial charge in [-0.25, -0.2) is 9.97 Å². The van der Waals surface area contributed by atoms with Crippen LogP contribution in [0.1, 0.15) is 0 Å². The lowest BCUT2D eigenvalue weighted by molar-refractivity contribution is 0.0398. The van der Waals surface area contributed by atoms with Crippen LogP contribution in [0.15, 0.2) is 71.4 Å². The number of furan rings is 1. The van der Waals surface area contributed by atoms with Crippen molar-refractivity contribution in [3.63, 3.8) is 0 Å². The Morgan fingerprint density at radius 3 is 2.30 bits per heavy atom. The number of rotatable bonds is 6. The summed E-state index contributed by atoms with van der Waals surface area (Å²) in [6.45, 7) is 5.29. The minimum atomic E-state index is 0.594. The second-order valence-electron chi connectivity index (χ2n) is 7.32. The van der Waals surface area contributed by atoms with E-state index in [1.54, 1.807) is 6.33 Å². The molecule has 1 N–H and O–H groups in total. The van der Waals surface area contributed by atoms with Crippen molar-refractivity contribution in [1.82, 2.24) is 14.9 Å². The third-order valence-corrected chi connectivity index (χ3v) is 5.41. The summed E-state index contributed by atoms with van der Waals surface area (Å²) >= 11 is 0. The SMILES string of the molecule is c1ccc(-c2oc3ncnc(NCCN4CCOCC4)c3c2-c2ccccc2)cc1. The fourth-order valence-corrected chi connectivity index (χ4v) is 3.90. The van der Waals surface area contributed by atoms with E-state index < -0.39 is 0 Å². The van der Waals surface area contributed by atoms with Crippen LogP contribution in [0.2, 0.25) is 0 Å². The Kier molecular flexibility index (Phi) is 5.42. The van der Waals surface area contributed by atoms with Gasteiger partial charge >= 0.3 is 0 Å². The summed E-state index contributed by atoms with van der Waals surface area (Å²) in [5.74, 6) is 1.62. The number of nitrogens with zero attached hydrogens (tertiary/aromatic N) is 3. The van der Waals surface area contributed by atoms with Gasteiger partial charge in [0, 0.05) is 37.3 Å². The van der Waals surface area contributed by atoms with Crippen molar-refractivity contribution in [2.45, 2.75) is 0 Å². The highest BCUT2D eigenvalue weighted by atomic mass is 16.5. The van der Waals surface area contributed by atoms with Crippen molar-refractivity contribution >= 4 is 16.9 Å². The fraction of sp³-hybridized carbons (Fsp3) is 0.250. The van der Waals surface area contributed by atoms with Gasteiger partial charge in [-0.15, -0.1) is 0 Å². The number of fused-ring (bicyclic) bond motifs is 1. The van der Waals surface area contributed by atoms with Crippen LogP contribution in [-0.4, -0.2) is 54.3 Å². The number of morpholine rings is 1. The monoisotopic (exact) mass is 400 g/mol. The second kappa shape index (κ2) is 8.65. The van der Waals surface area contributed by atoms with Crippen molar-refractivity contribution in [3.05, 3.63) is 67.0 Å². The van der Waals surface area contributed by atoms with Crippen LogP contribution in [0.4, 0.5) is 5.82 Å².